The van der Waals surface area contributed by atoms with Crippen molar-refractivity contribution in [3.05, 3.63) is 71.3 Å². The van der Waals surface area contributed by atoms with Crippen molar-refractivity contribution in [3.63, 3.8) is 0 Å². The predicted molar refractivity (Wildman–Crippen MR) is 99.8 cm³/mol. The molecule has 5 nitrogen and oxygen atoms in total. The van der Waals surface area contributed by atoms with Crippen LogP contribution in [-0.2, 0) is 15.1 Å². The molecular weight excluding hydrogens is 328 g/mol. The summed E-state index contributed by atoms with van der Waals surface area (Å²) in [6.07, 6.45) is 1.43. The van der Waals surface area contributed by atoms with Crippen LogP contribution < -0.4 is 10.6 Å². The minimum atomic E-state index is -0.628. The smallest absolute Gasteiger partial charge is 0.326 e. The van der Waals surface area contributed by atoms with Crippen molar-refractivity contribution in [2.45, 2.75) is 25.4 Å². The van der Waals surface area contributed by atoms with Crippen LogP contribution in [0, 0.1) is 6.92 Å². The predicted octanol–water partition coefficient (Wildman–Crippen LogP) is 2.55. The van der Waals surface area contributed by atoms with Crippen LogP contribution in [0.4, 0.5) is 0 Å². The quantitative estimate of drug-likeness (QED) is 0.812. The molecule has 0 saturated carbocycles. The molecule has 0 bridgehead atoms. The van der Waals surface area contributed by atoms with Gasteiger partial charge in [-0.3, -0.25) is 9.59 Å². The first-order valence-electron chi connectivity index (χ1n) is 8.93. The molecule has 1 amide bonds. The van der Waals surface area contributed by atoms with Crippen LogP contribution in [0.2, 0.25) is 0 Å². The highest BCUT2D eigenvalue weighted by Crippen LogP contribution is 2.34. The maximum atomic E-state index is 12.5. The summed E-state index contributed by atoms with van der Waals surface area (Å²) in [5.74, 6) is -0.684. The Morgan fingerprint density at radius 3 is 2.38 bits per heavy atom. The molecule has 1 saturated heterocycles. The van der Waals surface area contributed by atoms with Gasteiger partial charge in [0.05, 0.1) is 0 Å². The van der Waals surface area contributed by atoms with Crippen molar-refractivity contribution in [3.8, 4) is 0 Å². The van der Waals surface area contributed by atoms with Crippen LogP contribution in [0.25, 0.3) is 0 Å². The Bertz CT molecular complexity index is 768. The van der Waals surface area contributed by atoms with E-state index in [9.17, 15) is 9.59 Å². The highest BCUT2D eigenvalue weighted by molar-refractivity contribution is 5.97. The largest absolute Gasteiger partial charge is 0.453 e. The Kier molecular flexibility index (Phi) is 5.68. The van der Waals surface area contributed by atoms with Gasteiger partial charge in [-0.1, -0.05) is 48.5 Å². The molecule has 2 aromatic rings. The van der Waals surface area contributed by atoms with Crippen LogP contribution in [0.5, 0.6) is 0 Å². The lowest BCUT2D eigenvalue weighted by Crippen LogP contribution is -2.45. The lowest BCUT2D eigenvalue weighted by Gasteiger charge is -2.37. The number of esters is 1. The van der Waals surface area contributed by atoms with Crippen LogP contribution >= 0.6 is 0 Å². The molecule has 0 unspecified atom stereocenters. The average Bonchev–Trinajstić information content (AvgIpc) is 2.68. The van der Waals surface area contributed by atoms with Crippen LogP contribution in [0.3, 0.4) is 0 Å². The topological polar surface area (TPSA) is 67.4 Å². The van der Waals surface area contributed by atoms with Crippen LogP contribution in [-0.4, -0.2) is 31.5 Å². The fourth-order valence-corrected chi connectivity index (χ4v) is 3.35. The van der Waals surface area contributed by atoms with Gasteiger partial charge in [0.1, 0.15) is 12.1 Å². The number of rotatable bonds is 5. The monoisotopic (exact) mass is 352 g/mol. The summed E-state index contributed by atoms with van der Waals surface area (Å²) < 4.78 is 5.89. The number of carbonyl (C=O) groups excluding carboxylic acids is 2. The summed E-state index contributed by atoms with van der Waals surface area (Å²) in [6, 6.07) is 17.1. The lowest BCUT2D eigenvalue weighted by molar-refractivity contribution is -0.163. The number of ether oxygens (including phenoxy) is 1. The third-order valence-electron chi connectivity index (χ3n) is 4.80. The number of amides is 1. The van der Waals surface area contributed by atoms with E-state index in [1.807, 2.05) is 49.4 Å². The Morgan fingerprint density at radius 2 is 1.69 bits per heavy atom. The molecule has 0 aliphatic carbocycles. The molecule has 0 radical (unpaired) electrons. The van der Waals surface area contributed by atoms with Gasteiger partial charge in [0.2, 0.25) is 0 Å². The van der Waals surface area contributed by atoms with E-state index in [4.69, 9.17) is 4.74 Å². The molecule has 1 aliphatic heterocycles. The third-order valence-corrected chi connectivity index (χ3v) is 4.80. The molecule has 0 spiro atoms. The average molecular weight is 352 g/mol. The van der Waals surface area contributed by atoms with E-state index < -0.39 is 11.6 Å². The second-order valence-corrected chi connectivity index (χ2v) is 6.58. The minimum absolute atomic E-state index is 0.144. The SMILES string of the molecule is Cc1ccccc1C(=O)NCC(=O)OC1(c2ccccc2)CCNCC1. The number of carbonyl (C=O) groups is 2. The number of benzene rings is 2. The van der Waals surface area contributed by atoms with Crippen molar-refractivity contribution in [1.82, 2.24) is 10.6 Å². The van der Waals surface area contributed by atoms with Gasteiger partial charge < -0.3 is 15.4 Å². The van der Waals surface area contributed by atoms with E-state index in [-0.39, 0.29) is 12.5 Å². The third kappa shape index (κ3) is 4.11. The summed E-state index contributed by atoms with van der Waals surface area (Å²) >= 11 is 0. The number of aryl methyl sites for hydroxylation is 1. The number of hydrogen-bond acceptors (Lipinski definition) is 4. The normalized spacial score (nSPS) is 15.9. The zero-order chi connectivity index (χ0) is 18.4. The summed E-state index contributed by atoms with van der Waals surface area (Å²) in [4.78, 5) is 24.7. The fraction of sp³-hybridized carbons (Fsp3) is 0.333. The Morgan fingerprint density at radius 1 is 1.04 bits per heavy atom. The first-order valence-corrected chi connectivity index (χ1v) is 8.93. The van der Waals surface area contributed by atoms with Crippen LogP contribution in [0.1, 0.15) is 34.3 Å². The molecule has 26 heavy (non-hydrogen) atoms. The zero-order valence-corrected chi connectivity index (χ0v) is 15.0. The minimum Gasteiger partial charge on any atom is -0.453 e. The molecule has 1 fully saturated rings. The van der Waals surface area contributed by atoms with Crippen LogP contribution in [0.15, 0.2) is 54.6 Å². The van der Waals surface area contributed by atoms with Crippen molar-refractivity contribution >= 4 is 11.9 Å². The number of piperidine rings is 1. The van der Waals surface area contributed by atoms with Gasteiger partial charge in [0, 0.05) is 18.4 Å². The molecular formula is C21H24N2O3. The fourth-order valence-electron chi connectivity index (χ4n) is 3.35. The molecule has 3 rings (SSSR count). The van der Waals surface area contributed by atoms with Crippen molar-refractivity contribution in [2.75, 3.05) is 19.6 Å². The maximum absolute atomic E-state index is 12.5. The standard InChI is InChI=1S/C21H24N2O3/c1-16-7-5-6-10-18(16)20(25)23-15-19(24)26-21(11-13-22-14-12-21)17-8-3-2-4-9-17/h2-10,22H,11-15H2,1H3,(H,23,25). The summed E-state index contributed by atoms with van der Waals surface area (Å²) in [6.45, 7) is 3.30. The van der Waals surface area contributed by atoms with Gasteiger partial charge in [-0.25, -0.2) is 0 Å². The highest BCUT2D eigenvalue weighted by Gasteiger charge is 2.37. The van der Waals surface area contributed by atoms with E-state index in [2.05, 4.69) is 10.6 Å². The second kappa shape index (κ2) is 8.15. The molecule has 0 aromatic heterocycles. The molecule has 2 aromatic carbocycles. The van der Waals surface area contributed by atoms with Crippen molar-refractivity contribution in [2.24, 2.45) is 0 Å². The number of nitrogens with one attached hydrogen (secondary N) is 2. The Balaban J connectivity index is 1.65. The summed E-state index contributed by atoms with van der Waals surface area (Å²) in [7, 11) is 0. The van der Waals surface area contributed by atoms with Gasteiger partial charge in [0.25, 0.3) is 5.91 Å². The van der Waals surface area contributed by atoms with Gasteiger partial charge in [-0.15, -0.1) is 0 Å². The van der Waals surface area contributed by atoms with E-state index in [1.54, 1.807) is 12.1 Å². The van der Waals surface area contributed by atoms with E-state index in [0.717, 1.165) is 24.2 Å². The Hall–Kier alpha value is -2.66. The zero-order valence-electron chi connectivity index (χ0n) is 15.0. The highest BCUT2D eigenvalue weighted by atomic mass is 16.6. The molecule has 1 heterocycles. The maximum Gasteiger partial charge on any atom is 0.326 e. The van der Waals surface area contributed by atoms with Gasteiger partial charge in [0.15, 0.2) is 0 Å². The van der Waals surface area contributed by atoms with E-state index in [1.165, 1.54) is 0 Å². The van der Waals surface area contributed by atoms with Gasteiger partial charge in [-0.2, -0.15) is 0 Å². The van der Waals surface area contributed by atoms with Gasteiger partial charge in [-0.05, 0) is 37.2 Å². The molecule has 136 valence electrons. The molecule has 1 aliphatic rings. The number of hydrogen-bond donors (Lipinski definition) is 2. The molecule has 2 N–H and O–H groups in total. The second-order valence-electron chi connectivity index (χ2n) is 6.58. The summed E-state index contributed by atoms with van der Waals surface area (Å²) in [5, 5.41) is 5.97. The summed E-state index contributed by atoms with van der Waals surface area (Å²) in [5.41, 5.74) is 1.81. The van der Waals surface area contributed by atoms with E-state index >= 15 is 0 Å². The van der Waals surface area contributed by atoms with Gasteiger partial charge >= 0.3 is 5.97 Å². The van der Waals surface area contributed by atoms with E-state index in [0.29, 0.717) is 18.4 Å². The first kappa shape index (κ1) is 18.1. The van der Waals surface area contributed by atoms with Crippen molar-refractivity contribution < 1.29 is 14.3 Å². The van der Waals surface area contributed by atoms with Crippen molar-refractivity contribution in [1.29, 1.82) is 0 Å². The molecule has 0 atom stereocenters. The first-order chi connectivity index (χ1) is 12.6. The molecule has 5 heteroatoms. The Labute approximate surface area is 153 Å². The lowest BCUT2D eigenvalue weighted by atomic mass is 9.85.